The Balaban J connectivity index is 1.75. The minimum Gasteiger partial charge on any atom is -0.473 e. The van der Waals surface area contributed by atoms with E-state index in [0.717, 1.165) is 0 Å². The first-order chi connectivity index (χ1) is 12.6. The van der Waals surface area contributed by atoms with Crippen LogP contribution in [0.5, 0.6) is 5.75 Å². The number of fused-ring (bicyclic) bond motifs is 1. The molecule has 0 aromatic heterocycles. The van der Waals surface area contributed by atoms with Gasteiger partial charge in [0.25, 0.3) is 5.91 Å². The van der Waals surface area contributed by atoms with Gasteiger partial charge in [-0.1, -0.05) is 24.3 Å². The highest BCUT2D eigenvalue weighted by molar-refractivity contribution is 5.98. The molecule has 1 aliphatic heterocycles. The maximum Gasteiger partial charge on any atom is 0.332 e. The van der Waals surface area contributed by atoms with Gasteiger partial charge >= 0.3 is 5.97 Å². The number of benzene rings is 2. The summed E-state index contributed by atoms with van der Waals surface area (Å²) in [4.78, 5) is 25.6. The SMILES string of the molecule is CCOC(=O)CO[C@@H]1c2ccccc2C(=O)N1COc1cccc(F)c1. The molecule has 7 heteroatoms. The van der Waals surface area contributed by atoms with Crippen molar-refractivity contribution in [3.05, 3.63) is 65.5 Å². The van der Waals surface area contributed by atoms with Crippen LogP contribution < -0.4 is 4.74 Å². The van der Waals surface area contributed by atoms with E-state index in [1.165, 1.54) is 23.1 Å². The first-order valence-electron chi connectivity index (χ1n) is 8.15. The van der Waals surface area contributed by atoms with Crippen LogP contribution in [-0.4, -0.2) is 36.7 Å². The Labute approximate surface area is 150 Å². The molecule has 0 radical (unpaired) electrons. The van der Waals surface area contributed by atoms with Gasteiger partial charge in [-0.05, 0) is 25.1 Å². The van der Waals surface area contributed by atoms with E-state index in [9.17, 15) is 14.0 Å². The summed E-state index contributed by atoms with van der Waals surface area (Å²) in [5, 5.41) is 0. The van der Waals surface area contributed by atoms with Crippen molar-refractivity contribution in [1.82, 2.24) is 4.90 Å². The summed E-state index contributed by atoms with van der Waals surface area (Å²) in [6.07, 6.45) is -0.781. The van der Waals surface area contributed by atoms with Gasteiger partial charge in [0.15, 0.2) is 13.0 Å². The molecule has 3 rings (SSSR count). The van der Waals surface area contributed by atoms with E-state index in [0.29, 0.717) is 11.1 Å². The highest BCUT2D eigenvalue weighted by Gasteiger charge is 2.38. The fourth-order valence-corrected chi connectivity index (χ4v) is 2.69. The van der Waals surface area contributed by atoms with Gasteiger partial charge in [-0.3, -0.25) is 9.69 Å². The van der Waals surface area contributed by atoms with Gasteiger partial charge < -0.3 is 14.2 Å². The highest BCUT2D eigenvalue weighted by atomic mass is 19.1. The van der Waals surface area contributed by atoms with Crippen molar-refractivity contribution in [1.29, 1.82) is 0 Å². The third kappa shape index (κ3) is 3.83. The molecule has 0 unspecified atom stereocenters. The summed E-state index contributed by atoms with van der Waals surface area (Å²) in [7, 11) is 0. The van der Waals surface area contributed by atoms with E-state index in [1.807, 2.05) is 0 Å². The molecule has 1 heterocycles. The summed E-state index contributed by atoms with van der Waals surface area (Å²) >= 11 is 0. The molecule has 0 spiro atoms. The number of ether oxygens (including phenoxy) is 3. The maximum absolute atomic E-state index is 13.3. The Hall–Kier alpha value is -2.93. The summed E-state index contributed by atoms with van der Waals surface area (Å²) in [6, 6.07) is 12.6. The van der Waals surface area contributed by atoms with Gasteiger partial charge in [0.1, 0.15) is 18.2 Å². The number of carbonyl (C=O) groups excluding carboxylic acids is 2. The molecule has 0 saturated carbocycles. The van der Waals surface area contributed by atoms with Crippen molar-refractivity contribution < 1.29 is 28.2 Å². The van der Waals surface area contributed by atoms with E-state index < -0.39 is 18.0 Å². The number of hydrogen-bond donors (Lipinski definition) is 0. The molecule has 0 fully saturated rings. The summed E-state index contributed by atoms with van der Waals surface area (Å²) in [5.74, 6) is -0.951. The van der Waals surface area contributed by atoms with Gasteiger partial charge in [0.2, 0.25) is 0 Å². The fourth-order valence-electron chi connectivity index (χ4n) is 2.69. The number of hydrogen-bond acceptors (Lipinski definition) is 5. The van der Waals surface area contributed by atoms with Crippen LogP contribution in [0.15, 0.2) is 48.5 Å². The Morgan fingerprint density at radius 3 is 2.77 bits per heavy atom. The molecule has 0 aliphatic carbocycles. The topological polar surface area (TPSA) is 65.1 Å². The van der Waals surface area contributed by atoms with Gasteiger partial charge in [-0.15, -0.1) is 0 Å². The zero-order valence-corrected chi connectivity index (χ0v) is 14.2. The van der Waals surface area contributed by atoms with Gasteiger partial charge in [0.05, 0.1) is 6.61 Å². The number of esters is 1. The van der Waals surface area contributed by atoms with Crippen LogP contribution >= 0.6 is 0 Å². The van der Waals surface area contributed by atoms with E-state index in [1.54, 1.807) is 37.3 Å². The van der Waals surface area contributed by atoms with Crippen LogP contribution in [0.3, 0.4) is 0 Å². The lowest BCUT2D eigenvalue weighted by Crippen LogP contribution is -2.34. The monoisotopic (exact) mass is 359 g/mol. The second-order valence-corrected chi connectivity index (χ2v) is 5.56. The van der Waals surface area contributed by atoms with Gasteiger partial charge in [0, 0.05) is 17.2 Å². The van der Waals surface area contributed by atoms with Crippen molar-refractivity contribution >= 4 is 11.9 Å². The van der Waals surface area contributed by atoms with Crippen molar-refractivity contribution in [3.63, 3.8) is 0 Å². The first kappa shape index (κ1) is 17.9. The number of amides is 1. The van der Waals surface area contributed by atoms with Crippen LogP contribution in [0, 0.1) is 5.82 Å². The summed E-state index contributed by atoms with van der Waals surface area (Å²) < 4.78 is 29.3. The van der Waals surface area contributed by atoms with Crippen molar-refractivity contribution in [3.8, 4) is 5.75 Å². The minimum atomic E-state index is -0.781. The minimum absolute atomic E-state index is 0.148. The third-order valence-corrected chi connectivity index (χ3v) is 3.83. The molecule has 1 atom stereocenters. The second kappa shape index (κ2) is 7.97. The molecule has 0 bridgehead atoms. The lowest BCUT2D eigenvalue weighted by atomic mass is 10.1. The van der Waals surface area contributed by atoms with Crippen LogP contribution in [0.25, 0.3) is 0 Å². The Bertz CT molecular complexity index is 810. The number of rotatable bonds is 7. The molecule has 136 valence electrons. The molecule has 1 aliphatic rings. The molecular weight excluding hydrogens is 341 g/mol. The quantitative estimate of drug-likeness (QED) is 0.711. The van der Waals surface area contributed by atoms with E-state index in [2.05, 4.69) is 0 Å². The molecule has 1 amide bonds. The van der Waals surface area contributed by atoms with Crippen LogP contribution in [0.1, 0.15) is 29.1 Å². The van der Waals surface area contributed by atoms with E-state index in [4.69, 9.17) is 14.2 Å². The normalized spacial score (nSPS) is 15.7. The predicted molar refractivity (Wildman–Crippen MR) is 89.8 cm³/mol. The van der Waals surface area contributed by atoms with Crippen molar-refractivity contribution in [2.45, 2.75) is 13.2 Å². The summed E-state index contributed by atoms with van der Waals surface area (Å²) in [5.41, 5.74) is 1.12. The molecule has 0 N–H and O–H groups in total. The van der Waals surface area contributed by atoms with Crippen LogP contribution in [0.4, 0.5) is 4.39 Å². The molecule has 0 saturated heterocycles. The molecule has 6 nitrogen and oxygen atoms in total. The molecule has 2 aromatic rings. The highest BCUT2D eigenvalue weighted by Crippen LogP contribution is 2.34. The van der Waals surface area contributed by atoms with Crippen LogP contribution in [-0.2, 0) is 14.3 Å². The standard InChI is InChI=1S/C19H18FNO5/c1-2-24-17(22)11-25-19-16-9-4-3-8-15(16)18(23)21(19)12-26-14-7-5-6-13(20)10-14/h3-10,19H,2,11-12H2,1H3/t19-/m1/s1. The fraction of sp³-hybridized carbons (Fsp3) is 0.263. The lowest BCUT2D eigenvalue weighted by Gasteiger charge is -2.25. The largest absolute Gasteiger partial charge is 0.473 e. The zero-order valence-electron chi connectivity index (χ0n) is 14.2. The van der Waals surface area contributed by atoms with Crippen molar-refractivity contribution in [2.24, 2.45) is 0 Å². The Kier molecular flexibility index (Phi) is 5.48. The lowest BCUT2D eigenvalue weighted by molar-refractivity contribution is -0.155. The zero-order chi connectivity index (χ0) is 18.5. The van der Waals surface area contributed by atoms with Gasteiger partial charge in [-0.2, -0.15) is 0 Å². The predicted octanol–water partition coefficient (Wildman–Crippen LogP) is 2.90. The average Bonchev–Trinajstić information content (AvgIpc) is 2.90. The van der Waals surface area contributed by atoms with E-state index >= 15 is 0 Å². The van der Waals surface area contributed by atoms with Gasteiger partial charge in [-0.25, -0.2) is 9.18 Å². The molecular formula is C19H18FNO5. The smallest absolute Gasteiger partial charge is 0.332 e. The Morgan fingerprint density at radius 2 is 2.00 bits per heavy atom. The second-order valence-electron chi connectivity index (χ2n) is 5.56. The first-order valence-corrected chi connectivity index (χ1v) is 8.15. The maximum atomic E-state index is 13.3. The average molecular weight is 359 g/mol. The van der Waals surface area contributed by atoms with Crippen LogP contribution in [0.2, 0.25) is 0 Å². The third-order valence-electron chi connectivity index (χ3n) is 3.83. The summed E-state index contributed by atoms with van der Waals surface area (Å²) in [6.45, 7) is 1.50. The Morgan fingerprint density at radius 1 is 1.19 bits per heavy atom. The van der Waals surface area contributed by atoms with E-state index in [-0.39, 0.29) is 31.6 Å². The van der Waals surface area contributed by atoms with Crippen molar-refractivity contribution in [2.75, 3.05) is 19.9 Å². The number of carbonyl (C=O) groups is 2. The number of halogens is 1. The molecule has 26 heavy (non-hydrogen) atoms. The molecule has 2 aromatic carbocycles. The number of nitrogens with zero attached hydrogens (tertiary/aromatic N) is 1.